The number of rotatable bonds is 4. The first-order valence-electron chi connectivity index (χ1n) is 10.0. The Hall–Kier alpha value is -2.64. The van der Waals surface area contributed by atoms with E-state index >= 15 is 0 Å². The number of likely N-dealkylation sites (tertiary alicyclic amines) is 1. The highest BCUT2D eigenvalue weighted by molar-refractivity contribution is 7.17. The standard InChI is InChI=1S/C22H24N4O2S/c1-14-8-10-25(11-9-14)18(16-6-3-5-15(2)13-16)19-21(27)26-22(29-19)23-20(24-26)17-7-4-12-28-17/h3-7,12-14,18,27H,8-11H2,1-2H3. The quantitative estimate of drug-likeness (QED) is 0.521. The van der Waals surface area contributed by atoms with Crippen LogP contribution in [0.15, 0.2) is 47.1 Å². The molecule has 1 saturated heterocycles. The number of hydrogen-bond donors (Lipinski definition) is 1. The van der Waals surface area contributed by atoms with Gasteiger partial charge in [-0.3, -0.25) is 4.90 Å². The van der Waals surface area contributed by atoms with Crippen LogP contribution < -0.4 is 0 Å². The smallest absolute Gasteiger partial charge is 0.230 e. The van der Waals surface area contributed by atoms with Crippen molar-refractivity contribution in [2.45, 2.75) is 32.7 Å². The van der Waals surface area contributed by atoms with Gasteiger partial charge in [0.05, 0.1) is 17.2 Å². The van der Waals surface area contributed by atoms with Crippen LogP contribution in [0.2, 0.25) is 0 Å². The van der Waals surface area contributed by atoms with Crippen molar-refractivity contribution in [3.63, 3.8) is 0 Å². The number of furan rings is 1. The minimum absolute atomic E-state index is 0.00274. The second kappa shape index (κ2) is 7.31. The fraction of sp³-hybridized carbons (Fsp3) is 0.364. The maximum Gasteiger partial charge on any atom is 0.230 e. The zero-order valence-corrected chi connectivity index (χ0v) is 17.4. The summed E-state index contributed by atoms with van der Waals surface area (Å²) in [5, 5.41) is 15.6. The lowest BCUT2D eigenvalue weighted by atomic mass is 9.94. The molecule has 0 radical (unpaired) electrons. The molecule has 4 heterocycles. The first kappa shape index (κ1) is 18.4. The second-order valence-corrected chi connectivity index (χ2v) is 8.94. The Kier molecular flexibility index (Phi) is 4.64. The topological polar surface area (TPSA) is 66.8 Å². The Morgan fingerprint density at radius 1 is 1.21 bits per heavy atom. The summed E-state index contributed by atoms with van der Waals surface area (Å²) in [6.45, 7) is 6.46. The minimum Gasteiger partial charge on any atom is -0.492 e. The van der Waals surface area contributed by atoms with Crippen LogP contribution in [0.25, 0.3) is 16.5 Å². The van der Waals surface area contributed by atoms with E-state index in [4.69, 9.17) is 4.42 Å². The van der Waals surface area contributed by atoms with Gasteiger partial charge in [-0.2, -0.15) is 9.50 Å². The van der Waals surface area contributed by atoms with E-state index in [0.717, 1.165) is 23.9 Å². The van der Waals surface area contributed by atoms with Gasteiger partial charge < -0.3 is 9.52 Å². The zero-order valence-electron chi connectivity index (χ0n) is 16.6. The van der Waals surface area contributed by atoms with Gasteiger partial charge in [-0.1, -0.05) is 48.1 Å². The van der Waals surface area contributed by atoms with Crippen LogP contribution in [0.1, 0.15) is 41.8 Å². The van der Waals surface area contributed by atoms with Crippen molar-refractivity contribution in [1.82, 2.24) is 19.5 Å². The van der Waals surface area contributed by atoms with E-state index in [1.165, 1.54) is 39.8 Å². The molecule has 29 heavy (non-hydrogen) atoms. The number of hydrogen-bond acceptors (Lipinski definition) is 6. The third-order valence-electron chi connectivity index (χ3n) is 5.73. The average molecular weight is 409 g/mol. The highest BCUT2D eigenvalue weighted by atomic mass is 32.1. The summed E-state index contributed by atoms with van der Waals surface area (Å²) in [7, 11) is 0. The fourth-order valence-electron chi connectivity index (χ4n) is 4.09. The van der Waals surface area contributed by atoms with Gasteiger partial charge in [0.15, 0.2) is 5.76 Å². The zero-order chi connectivity index (χ0) is 20.0. The molecule has 1 unspecified atom stereocenters. The van der Waals surface area contributed by atoms with Gasteiger partial charge in [-0.15, -0.1) is 5.10 Å². The van der Waals surface area contributed by atoms with E-state index in [9.17, 15) is 5.11 Å². The monoisotopic (exact) mass is 408 g/mol. The summed E-state index contributed by atoms with van der Waals surface area (Å²) >= 11 is 1.50. The number of benzene rings is 1. The normalized spacial score (nSPS) is 17.2. The molecule has 3 aromatic heterocycles. The molecule has 6 nitrogen and oxygen atoms in total. The van der Waals surface area contributed by atoms with E-state index in [1.54, 1.807) is 12.3 Å². The highest BCUT2D eigenvalue weighted by Gasteiger charge is 2.31. The minimum atomic E-state index is 0.00274. The van der Waals surface area contributed by atoms with Gasteiger partial charge in [0.2, 0.25) is 16.7 Å². The summed E-state index contributed by atoms with van der Waals surface area (Å²) in [5.41, 5.74) is 2.42. The molecule has 0 spiro atoms. The van der Waals surface area contributed by atoms with Gasteiger partial charge in [-0.25, -0.2) is 0 Å². The Balaban J connectivity index is 1.59. The van der Waals surface area contributed by atoms with Crippen LogP contribution in [0, 0.1) is 12.8 Å². The van der Waals surface area contributed by atoms with Crippen molar-refractivity contribution in [1.29, 1.82) is 0 Å². The van der Waals surface area contributed by atoms with Crippen LogP contribution in [0.3, 0.4) is 0 Å². The molecule has 0 amide bonds. The molecule has 5 rings (SSSR count). The molecule has 150 valence electrons. The predicted molar refractivity (Wildman–Crippen MR) is 113 cm³/mol. The number of fused-ring (bicyclic) bond motifs is 1. The molecule has 1 N–H and O–H groups in total. The van der Waals surface area contributed by atoms with Gasteiger partial charge in [0.25, 0.3) is 0 Å². The lowest BCUT2D eigenvalue weighted by molar-refractivity contribution is 0.157. The third kappa shape index (κ3) is 3.34. The Morgan fingerprint density at radius 3 is 2.72 bits per heavy atom. The first-order chi connectivity index (χ1) is 14.1. The maximum atomic E-state index is 11.1. The molecule has 1 fully saturated rings. The van der Waals surface area contributed by atoms with E-state index in [0.29, 0.717) is 16.5 Å². The fourth-order valence-corrected chi connectivity index (χ4v) is 5.21. The van der Waals surface area contributed by atoms with Gasteiger partial charge in [0.1, 0.15) is 0 Å². The van der Waals surface area contributed by atoms with E-state index < -0.39 is 0 Å². The van der Waals surface area contributed by atoms with Crippen molar-refractivity contribution in [2.75, 3.05) is 13.1 Å². The molecule has 7 heteroatoms. The van der Waals surface area contributed by atoms with Crippen LogP contribution in [0.5, 0.6) is 5.88 Å². The Bertz CT molecular complexity index is 1120. The molecule has 1 aliphatic heterocycles. The van der Waals surface area contributed by atoms with Crippen molar-refractivity contribution < 1.29 is 9.52 Å². The maximum absolute atomic E-state index is 11.1. The van der Waals surface area contributed by atoms with E-state index in [-0.39, 0.29) is 11.9 Å². The summed E-state index contributed by atoms with van der Waals surface area (Å²) in [6, 6.07) is 12.2. The SMILES string of the molecule is Cc1cccc(C(c2sc3nc(-c4ccco4)nn3c2O)N2CCC(C)CC2)c1. The van der Waals surface area contributed by atoms with Crippen molar-refractivity contribution in [3.05, 3.63) is 58.7 Å². The van der Waals surface area contributed by atoms with Crippen molar-refractivity contribution >= 4 is 16.3 Å². The molecule has 1 atom stereocenters. The second-order valence-electron chi connectivity index (χ2n) is 7.93. The van der Waals surface area contributed by atoms with Gasteiger partial charge in [0, 0.05) is 0 Å². The number of aryl methyl sites for hydroxylation is 1. The van der Waals surface area contributed by atoms with Crippen LogP contribution in [-0.2, 0) is 0 Å². The predicted octanol–water partition coefficient (Wildman–Crippen LogP) is 4.89. The van der Waals surface area contributed by atoms with Crippen molar-refractivity contribution in [2.24, 2.45) is 5.92 Å². The molecule has 1 aromatic carbocycles. The van der Waals surface area contributed by atoms with Crippen molar-refractivity contribution in [3.8, 4) is 17.5 Å². The molecule has 0 bridgehead atoms. The largest absolute Gasteiger partial charge is 0.492 e. The summed E-state index contributed by atoms with van der Waals surface area (Å²) < 4.78 is 6.94. The van der Waals surface area contributed by atoms with E-state index in [2.05, 4.69) is 53.1 Å². The number of piperidine rings is 1. The molecular formula is C22H24N4O2S. The molecule has 0 saturated carbocycles. The number of aromatic hydroxyl groups is 1. The molecule has 0 aliphatic carbocycles. The summed E-state index contributed by atoms with van der Waals surface area (Å²) in [6.07, 6.45) is 3.94. The van der Waals surface area contributed by atoms with Gasteiger partial charge in [-0.05, 0) is 56.5 Å². The summed E-state index contributed by atoms with van der Waals surface area (Å²) in [5.74, 6) is 2.00. The van der Waals surface area contributed by atoms with Crippen LogP contribution in [-0.4, -0.2) is 37.7 Å². The Labute approximate surface area is 173 Å². The van der Waals surface area contributed by atoms with Crippen LogP contribution in [0.4, 0.5) is 0 Å². The average Bonchev–Trinajstić information content (AvgIpc) is 3.43. The lowest BCUT2D eigenvalue weighted by Crippen LogP contribution is -2.36. The number of nitrogens with zero attached hydrogens (tertiary/aromatic N) is 4. The first-order valence-corrected chi connectivity index (χ1v) is 10.8. The summed E-state index contributed by atoms with van der Waals surface area (Å²) in [4.78, 5) is 8.63. The van der Waals surface area contributed by atoms with Gasteiger partial charge >= 0.3 is 0 Å². The number of thiazole rings is 1. The lowest BCUT2D eigenvalue weighted by Gasteiger charge is -2.36. The van der Waals surface area contributed by atoms with Crippen LogP contribution >= 0.6 is 11.3 Å². The number of aromatic nitrogens is 3. The third-order valence-corrected chi connectivity index (χ3v) is 6.80. The molecular weight excluding hydrogens is 384 g/mol. The Morgan fingerprint density at radius 2 is 2.03 bits per heavy atom. The highest BCUT2D eigenvalue weighted by Crippen LogP contribution is 2.41. The molecule has 4 aromatic rings. The molecule has 1 aliphatic rings. The van der Waals surface area contributed by atoms with E-state index in [1.807, 2.05) is 6.07 Å².